The molecule has 0 saturated carbocycles. The van der Waals surface area contributed by atoms with Crippen LogP contribution in [0.15, 0.2) is 83.9 Å². The molecule has 0 saturated heterocycles. The summed E-state index contributed by atoms with van der Waals surface area (Å²) in [5.74, 6) is -0.890. The second kappa shape index (κ2) is 9.47. The summed E-state index contributed by atoms with van der Waals surface area (Å²) in [7, 11) is 0. The predicted molar refractivity (Wildman–Crippen MR) is 106 cm³/mol. The van der Waals surface area contributed by atoms with E-state index in [-0.39, 0.29) is 22.6 Å². The van der Waals surface area contributed by atoms with E-state index in [0.29, 0.717) is 11.1 Å². The number of para-hydroxylation sites is 1. The minimum Gasteiger partial charge on any atom is -0.507 e. The molecule has 0 aliphatic heterocycles. The number of rotatable bonds is 5. The number of hydrogen-bond donors (Lipinski definition) is 2. The minimum absolute atomic E-state index is 0. The van der Waals surface area contributed by atoms with Crippen molar-refractivity contribution in [1.29, 1.82) is 0 Å². The topological polar surface area (TPSA) is 52.8 Å². The Morgan fingerprint density at radius 1 is 0.833 bits per heavy atom. The standard InChI is InChI=1S/C23H20F3NO2.Cu/c1-16(27-15-17-9-8-14-20(21(17)28)23(24,25)26)22(29,18-10-4-2-5-11-18)19-12-6-3-7-13-19;/h2-16,28-29H,1H3;/t16-;/m1./s1. The van der Waals surface area contributed by atoms with Gasteiger partial charge in [-0.3, -0.25) is 4.99 Å². The molecule has 3 aromatic rings. The Kier molecular flexibility index (Phi) is 7.48. The van der Waals surface area contributed by atoms with E-state index in [1.165, 1.54) is 12.1 Å². The van der Waals surface area contributed by atoms with Crippen LogP contribution in [-0.4, -0.2) is 22.5 Å². The molecule has 0 bridgehead atoms. The Labute approximate surface area is 183 Å². The van der Waals surface area contributed by atoms with Crippen molar-refractivity contribution in [3.8, 4) is 5.75 Å². The Bertz CT molecular complexity index is 953. The van der Waals surface area contributed by atoms with Gasteiger partial charge in [0.1, 0.15) is 11.4 Å². The first-order chi connectivity index (χ1) is 13.7. The third-order valence-electron chi connectivity index (χ3n) is 4.84. The number of aromatic hydroxyl groups is 1. The largest absolute Gasteiger partial charge is 0.507 e. The summed E-state index contributed by atoms with van der Waals surface area (Å²) in [6.07, 6.45) is -3.51. The number of aliphatic imine (C=N–C) groups is 1. The molecule has 30 heavy (non-hydrogen) atoms. The third kappa shape index (κ3) is 4.75. The van der Waals surface area contributed by atoms with Gasteiger partial charge in [-0.15, -0.1) is 0 Å². The number of nitrogens with zero attached hydrogens (tertiary/aromatic N) is 1. The number of alkyl halides is 3. The average molecular weight is 463 g/mol. The van der Waals surface area contributed by atoms with Crippen LogP contribution in [0.1, 0.15) is 29.2 Å². The quantitative estimate of drug-likeness (QED) is 0.407. The van der Waals surface area contributed by atoms with Gasteiger partial charge in [-0.2, -0.15) is 13.2 Å². The van der Waals surface area contributed by atoms with Gasteiger partial charge in [0.15, 0.2) is 0 Å². The van der Waals surface area contributed by atoms with Crippen LogP contribution in [0.25, 0.3) is 0 Å². The number of phenolic OH excluding ortho intramolecular Hbond substituents is 1. The average Bonchev–Trinajstić information content (AvgIpc) is 2.72. The Hall–Kier alpha value is -2.60. The first-order valence-corrected chi connectivity index (χ1v) is 9.00. The number of phenols is 1. The van der Waals surface area contributed by atoms with E-state index in [0.717, 1.165) is 12.3 Å². The molecule has 0 amide bonds. The monoisotopic (exact) mass is 462 g/mol. The van der Waals surface area contributed by atoms with E-state index in [2.05, 4.69) is 4.99 Å². The summed E-state index contributed by atoms with van der Waals surface area (Å²) in [4.78, 5) is 4.30. The maximum Gasteiger partial charge on any atom is 0.419 e. The minimum atomic E-state index is -4.67. The Balaban J connectivity index is 0.00000320. The van der Waals surface area contributed by atoms with Crippen LogP contribution in [-0.2, 0) is 28.8 Å². The maximum atomic E-state index is 13.0. The number of aliphatic hydroxyl groups is 1. The first-order valence-electron chi connectivity index (χ1n) is 9.00. The maximum absolute atomic E-state index is 13.0. The van der Waals surface area contributed by atoms with Crippen LogP contribution in [0.5, 0.6) is 5.75 Å². The zero-order chi connectivity index (χ0) is 21.1. The van der Waals surface area contributed by atoms with Gasteiger partial charge in [0.2, 0.25) is 0 Å². The van der Waals surface area contributed by atoms with Crippen LogP contribution in [0.4, 0.5) is 13.2 Å². The molecular weight excluding hydrogens is 443 g/mol. The SMILES string of the molecule is C[C@@H](N=Cc1cccc(C(F)(F)F)c1O)C(O)(c1ccccc1)c1ccccc1.[Cu]. The second-order valence-corrected chi connectivity index (χ2v) is 6.69. The van der Waals surface area contributed by atoms with E-state index in [4.69, 9.17) is 0 Å². The van der Waals surface area contributed by atoms with Crippen LogP contribution in [0, 0.1) is 0 Å². The normalized spacial score (nSPS) is 13.1. The molecule has 1 radical (unpaired) electrons. The second-order valence-electron chi connectivity index (χ2n) is 6.69. The summed E-state index contributed by atoms with van der Waals surface area (Å²) < 4.78 is 39.0. The third-order valence-corrected chi connectivity index (χ3v) is 4.84. The van der Waals surface area contributed by atoms with E-state index < -0.39 is 29.1 Å². The first kappa shape index (κ1) is 23.7. The fourth-order valence-corrected chi connectivity index (χ4v) is 3.23. The van der Waals surface area contributed by atoms with Gasteiger partial charge in [0.05, 0.1) is 11.6 Å². The van der Waals surface area contributed by atoms with Gasteiger partial charge >= 0.3 is 6.18 Å². The van der Waals surface area contributed by atoms with Crippen molar-refractivity contribution < 1.29 is 40.5 Å². The molecule has 161 valence electrons. The van der Waals surface area contributed by atoms with Gasteiger partial charge in [-0.25, -0.2) is 0 Å². The molecule has 0 aliphatic rings. The van der Waals surface area contributed by atoms with Crippen molar-refractivity contribution in [3.63, 3.8) is 0 Å². The van der Waals surface area contributed by atoms with Crippen molar-refractivity contribution in [2.45, 2.75) is 24.7 Å². The fourth-order valence-electron chi connectivity index (χ4n) is 3.23. The molecule has 2 N–H and O–H groups in total. The zero-order valence-corrected chi connectivity index (χ0v) is 16.9. The molecular formula is C23H20CuF3NO2. The van der Waals surface area contributed by atoms with E-state index in [1.54, 1.807) is 55.5 Å². The molecule has 3 aromatic carbocycles. The number of halogens is 3. The summed E-state index contributed by atoms with van der Waals surface area (Å²) in [5, 5.41) is 21.6. The molecule has 3 rings (SSSR count). The van der Waals surface area contributed by atoms with E-state index >= 15 is 0 Å². The summed E-state index contributed by atoms with van der Waals surface area (Å²) in [6.45, 7) is 1.67. The summed E-state index contributed by atoms with van der Waals surface area (Å²) in [6, 6.07) is 20.5. The Morgan fingerprint density at radius 3 is 1.80 bits per heavy atom. The molecule has 0 heterocycles. The van der Waals surface area contributed by atoms with Gasteiger partial charge in [-0.1, -0.05) is 66.7 Å². The van der Waals surface area contributed by atoms with Crippen molar-refractivity contribution in [1.82, 2.24) is 0 Å². The summed E-state index contributed by atoms with van der Waals surface area (Å²) >= 11 is 0. The van der Waals surface area contributed by atoms with Gasteiger partial charge < -0.3 is 10.2 Å². The molecule has 0 aliphatic carbocycles. The van der Waals surface area contributed by atoms with E-state index in [1.807, 2.05) is 12.1 Å². The van der Waals surface area contributed by atoms with Gasteiger partial charge in [0.25, 0.3) is 0 Å². The molecule has 3 nitrogen and oxygen atoms in total. The van der Waals surface area contributed by atoms with E-state index in [9.17, 15) is 23.4 Å². The molecule has 1 atom stereocenters. The molecule has 0 spiro atoms. The number of benzene rings is 3. The van der Waals surface area contributed by atoms with Gasteiger partial charge in [0, 0.05) is 28.8 Å². The Morgan fingerprint density at radius 2 is 1.33 bits per heavy atom. The molecule has 0 unspecified atom stereocenters. The van der Waals surface area contributed by atoms with Crippen LogP contribution in [0.3, 0.4) is 0 Å². The summed E-state index contributed by atoms with van der Waals surface area (Å²) in [5.41, 5.74) is -1.50. The fraction of sp³-hybridized carbons (Fsp3) is 0.174. The van der Waals surface area contributed by atoms with Crippen molar-refractivity contribution in [2.75, 3.05) is 0 Å². The van der Waals surface area contributed by atoms with Crippen molar-refractivity contribution >= 4 is 6.21 Å². The molecule has 0 fully saturated rings. The van der Waals surface area contributed by atoms with Crippen LogP contribution in [0.2, 0.25) is 0 Å². The van der Waals surface area contributed by atoms with Crippen molar-refractivity contribution in [3.05, 3.63) is 101 Å². The molecule has 0 aromatic heterocycles. The predicted octanol–water partition coefficient (Wildman–Crippen LogP) is 5.15. The molecule has 7 heteroatoms. The number of hydrogen-bond acceptors (Lipinski definition) is 3. The van der Waals surface area contributed by atoms with Crippen LogP contribution < -0.4 is 0 Å². The zero-order valence-electron chi connectivity index (χ0n) is 15.9. The van der Waals surface area contributed by atoms with Gasteiger partial charge in [-0.05, 0) is 30.2 Å². The van der Waals surface area contributed by atoms with Crippen molar-refractivity contribution in [2.24, 2.45) is 4.99 Å². The van der Waals surface area contributed by atoms with Crippen LogP contribution >= 0.6 is 0 Å². The smallest absolute Gasteiger partial charge is 0.419 e.